The highest BCUT2D eigenvalue weighted by Gasteiger charge is 2.20. The van der Waals surface area contributed by atoms with Crippen molar-refractivity contribution in [3.63, 3.8) is 0 Å². The van der Waals surface area contributed by atoms with Crippen LogP contribution in [0.4, 0.5) is 0 Å². The summed E-state index contributed by atoms with van der Waals surface area (Å²) < 4.78 is 5.33. The minimum Gasteiger partial charge on any atom is -0.424 e. The molecule has 0 amide bonds. The van der Waals surface area contributed by atoms with E-state index < -0.39 is 0 Å². The summed E-state index contributed by atoms with van der Waals surface area (Å²) in [4.78, 5) is 0. The van der Waals surface area contributed by atoms with Gasteiger partial charge in [-0.2, -0.15) is 11.8 Å². The molecule has 1 aromatic heterocycles. The van der Waals surface area contributed by atoms with Crippen LogP contribution in [0.1, 0.15) is 37.5 Å². The van der Waals surface area contributed by atoms with Crippen molar-refractivity contribution in [2.24, 2.45) is 0 Å². The van der Waals surface area contributed by atoms with Crippen LogP contribution >= 0.6 is 11.8 Å². The number of hydrogen-bond donors (Lipinski definition) is 1. The van der Waals surface area contributed by atoms with Gasteiger partial charge >= 0.3 is 0 Å². The molecule has 1 aromatic rings. The van der Waals surface area contributed by atoms with Gasteiger partial charge in [-0.15, -0.1) is 10.2 Å². The first-order valence-corrected chi connectivity index (χ1v) is 7.12. The molecule has 1 aliphatic carbocycles. The van der Waals surface area contributed by atoms with Crippen LogP contribution in [0.25, 0.3) is 0 Å². The van der Waals surface area contributed by atoms with Gasteiger partial charge in [0.25, 0.3) is 0 Å². The third-order valence-corrected chi connectivity index (χ3v) is 4.26. The Kier molecular flexibility index (Phi) is 4.23. The maximum Gasteiger partial charge on any atom is 0.230 e. The van der Waals surface area contributed by atoms with Crippen LogP contribution in [0.15, 0.2) is 4.42 Å². The highest BCUT2D eigenvalue weighted by atomic mass is 32.2. The number of aryl methyl sites for hydroxylation is 1. The molecule has 1 heterocycles. The molecule has 0 atom stereocenters. The minimum absolute atomic E-state index is 0.621. The summed E-state index contributed by atoms with van der Waals surface area (Å²) in [6.07, 6.45) is 7.38. The lowest BCUT2D eigenvalue weighted by molar-refractivity contribution is 0.355. The largest absolute Gasteiger partial charge is 0.424 e. The predicted octanol–water partition coefficient (Wildman–Crippen LogP) is 2.14. The number of nitrogens with zero attached hydrogens (tertiary/aromatic N) is 2. The van der Waals surface area contributed by atoms with Crippen molar-refractivity contribution in [3.05, 3.63) is 11.8 Å². The van der Waals surface area contributed by atoms with E-state index >= 15 is 0 Å². The first-order chi connectivity index (χ1) is 7.78. The van der Waals surface area contributed by atoms with E-state index in [2.05, 4.69) is 21.8 Å². The van der Waals surface area contributed by atoms with Gasteiger partial charge in [0, 0.05) is 18.2 Å². The third kappa shape index (κ3) is 3.22. The van der Waals surface area contributed by atoms with E-state index in [0.29, 0.717) is 24.4 Å². The average molecular weight is 241 g/mol. The maximum atomic E-state index is 5.33. The van der Waals surface area contributed by atoms with Crippen LogP contribution in [0.5, 0.6) is 0 Å². The summed E-state index contributed by atoms with van der Waals surface area (Å²) in [5.41, 5.74) is 0. The van der Waals surface area contributed by atoms with E-state index in [1.165, 1.54) is 25.7 Å². The van der Waals surface area contributed by atoms with Gasteiger partial charge < -0.3 is 9.73 Å². The zero-order valence-corrected chi connectivity index (χ0v) is 10.7. The fourth-order valence-corrected chi connectivity index (χ4v) is 2.89. The summed E-state index contributed by atoms with van der Waals surface area (Å²) >= 11 is 2.00. The lowest BCUT2D eigenvalue weighted by Crippen LogP contribution is -2.33. The van der Waals surface area contributed by atoms with Crippen molar-refractivity contribution in [1.29, 1.82) is 0 Å². The summed E-state index contributed by atoms with van der Waals surface area (Å²) in [7, 11) is 0. The number of hydrogen-bond acceptors (Lipinski definition) is 5. The van der Waals surface area contributed by atoms with Crippen LogP contribution < -0.4 is 5.32 Å². The van der Waals surface area contributed by atoms with Crippen LogP contribution in [0.2, 0.25) is 0 Å². The predicted molar refractivity (Wildman–Crippen MR) is 65.4 cm³/mol. The molecule has 0 aliphatic heterocycles. The minimum atomic E-state index is 0.621. The number of rotatable bonds is 4. The second kappa shape index (κ2) is 5.68. The number of aromatic nitrogens is 2. The molecule has 1 fully saturated rings. The third-order valence-electron chi connectivity index (χ3n) is 3.12. The first-order valence-electron chi connectivity index (χ1n) is 5.83. The Morgan fingerprint density at radius 1 is 1.31 bits per heavy atom. The van der Waals surface area contributed by atoms with Crippen LogP contribution in [0, 0.1) is 6.92 Å². The van der Waals surface area contributed by atoms with Crippen molar-refractivity contribution in [1.82, 2.24) is 15.5 Å². The summed E-state index contributed by atoms with van der Waals surface area (Å²) in [6.45, 7) is 2.52. The van der Waals surface area contributed by atoms with Gasteiger partial charge in [-0.3, -0.25) is 0 Å². The molecular weight excluding hydrogens is 222 g/mol. The highest BCUT2D eigenvalue weighted by molar-refractivity contribution is 7.99. The summed E-state index contributed by atoms with van der Waals surface area (Å²) in [5, 5.41) is 12.1. The van der Waals surface area contributed by atoms with Gasteiger partial charge in [-0.05, 0) is 31.9 Å². The van der Waals surface area contributed by atoms with E-state index in [0.717, 1.165) is 5.25 Å². The van der Waals surface area contributed by atoms with Crippen molar-refractivity contribution in [2.75, 3.05) is 6.26 Å². The van der Waals surface area contributed by atoms with Crippen molar-refractivity contribution in [3.8, 4) is 0 Å². The van der Waals surface area contributed by atoms with E-state index in [1.807, 2.05) is 18.7 Å². The summed E-state index contributed by atoms with van der Waals surface area (Å²) in [5.74, 6) is 1.34. The average Bonchev–Trinajstić information content (AvgIpc) is 2.73. The number of thioether (sulfide) groups is 1. The highest BCUT2D eigenvalue weighted by Crippen LogP contribution is 2.26. The molecule has 1 saturated carbocycles. The van der Waals surface area contributed by atoms with Crippen molar-refractivity contribution >= 4 is 11.8 Å². The maximum absolute atomic E-state index is 5.33. The Labute approximate surface area is 101 Å². The van der Waals surface area contributed by atoms with Crippen molar-refractivity contribution in [2.45, 2.75) is 50.4 Å². The molecule has 0 aromatic carbocycles. The molecule has 2 rings (SSSR count). The molecule has 0 unspecified atom stereocenters. The zero-order valence-electron chi connectivity index (χ0n) is 9.90. The van der Waals surface area contributed by atoms with E-state index in [9.17, 15) is 0 Å². The van der Waals surface area contributed by atoms with Crippen molar-refractivity contribution < 1.29 is 4.42 Å². The second-order valence-corrected chi connectivity index (χ2v) is 5.44. The molecule has 0 spiro atoms. The van der Waals surface area contributed by atoms with E-state index in [1.54, 1.807) is 0 Å². The van der Waals surface area contributed by atoms with Gasteiger partial charge in [-0.1, -0.05) is 0 Å². The standard InChI is InChI=1S/C11H19N3OS/c1-8-13-14-11(15-8)7-12-9-3-5-10(16-2)6-4-9/h9-10,12H,3-7H2,1-2H3. The molecular formula is C11H19N3OS. The molecule has 0 radical (unpaired) electrons. The fourth-order valence-electron chi connectivity index (χ4n) is 2.14. The quantitative estimate of drug-likeness (QED) is 0.875. The van der Waals surface area contributed by atoms with Gasteiger partial charge in [-0.25, -0.2) is 0 Å². The number of nitrogens with one attached hydrogen (secondary N) is 1. The smallest absolute Gasteiger partial charge is 0.230 e. The molecule has 4 nitrogen and oxygen atoms in total. The van der Waals surface area contributed by atoms with E-state index in [-0.39, 0.29) is 0 Å². The SMILES string of the molecule is CSC1CCC(NCc2nnc(C)o2)CC1. The van der Waals surface area contributed by atoms with Gasteiger partial charge in [0.2, 0.25) is 11.8 Å². The molecule has 5 heteroatoms. The van der Waals surface area contributed by atoms with Crippen LogP contribution in [-0.2, 0) is 6.54 Å². The fraction of sp³-hybridized carbons (Fsp3) is 0.818. The zero-order chi connectivity index (χ0) is 11.4. The van der Waals surface area contributed by atoms with Gasteiger partial charge in [0.05, 0.1) is 6.54 Å². The lowest BCUT2D eigenvalue weighted by Gasteiger charge is -2.27. The lowest BCUT2D eigenvalue weighted by atomic mass is 9.95. The normalized spacial score (nSPS) is 25.9. The Bertz CT molecular complexity index is 321. The van der Waals surface area contributed by atoms with Crippen LogP contribution in [0.3, 0.4) is 0 Å². The Hall–Kier alpha value is -0.550. The topological polar surface area (TPSA) is 51.0 Å². The molecule has 16 heavy (non-hydrogen) atoms. The second-order valence-electron chi connectivity index (χ2n) is 4.31. The van der Waals surface area contributed by atoms with Gasteiger partial charge in [0.1, 0.15) is 0 Å². The summed E-state index contributed by atoms with van der Waals surface area (Å²) in [6, 6.07) is 0.621. The van der Waals surface area contributed by atoms with Crippen LogP contribution in [-0.4, -0.2) is 27.7 Å². The van der Waals surface area contributed by atoms with Gasteiger partial charge in [0.15, 0.2) is 0 Å². The monoisotopic (exact) mass is 241 g/mol. The Balaban J connectivity index is 1.71. The molecule has 1 aliphatic rings. The molecule has 0 saturated heterocycles. The molecule has 1 N–H and O–H groups in total. The first kappa shape index (κ1) is 11.9. The van der Waals surface area contributed by atoms with E-state index in [4.69, 9.17) is 4.42 Å². The Morgan fingerprint density at radius 3 is 2.62 bits per heavy atom. The Morgan fingerprint density at radius 2 is 2.06 bits per heavy atom. The molecule has 90 valence electrons. The molecule has 0 bridgehead atoms.